The molecule has 224 valence electrons. The zero-order valence-corrected chi connectivity index (χ0v) is 25.2. The zero-order valence-electron chi connectivity index (χ0n) is 25.2. The second-order valence-electron chi connectivity index (χ2n) is 10.8. The molecule has 6 aromatic rings. The molecular weight excluding hydrogens is 556 g/mol. The Bertz CT molecular complexity index is 1850. The minimum absolute atomic E-state index is 0.562. The molecule has 8 rings (SSSR count). The second kappa shape index (κ2) is 11.6. The fourth-order valence-corrected chi connectivity index (χ4v) is 6.30. The number of ether oxygens (including phenoxy) is 6. The highest BCUT2D eigenvalue weighted by Crippen LogP contribution is 2.44. The van der Waals surface area contributed by atoms with Gasteiger partial charge < -0.3 is 38.4 Å². The van der Waals surface area contributed by atoms with Crippen molar-refractivity contribution in [2.24, 2.45) is 0 Å². The quantitative estimate of drug-likeness (QED) is 0.218. The van der Waals surface area contributed by atoms with Gasteiger partial charge in [-0.1, -0.05) is 36.4 Å². The molecule has 0 saturated heterocycles. The summed E-state index contributed by atoms with van der Waals surface area (Å²) in [5.41, 5.74) is 11.4. The van der Waals surface area contributed by atoms with E-state index >= 15 is 0 Å². The number of aromatic amines is 2. The number of rotatable bonds is 4. The monoisotopic (exact) mass is 590 g/mol. The average molecular weight is 591 g/mol. The van der Waals surface area contributed by atoms with Gasteiger partial charge in [0.2, 0.25) is 0 Å². The number of benzene rings is 4. The third kappa shape index (κ3) is 4.72. The molecule has 0 bridgehead atoms. The molecule has 2 aliphatic rings. The van der Waals surface area contributed by atoms with Crippen LogP contribution in [0.4, 0.5) is 0 Å². The standard InChI is InChI=1S/2C18H17NO3/c2*1-20-16-7-11-9-22-10-15-18(13(11)8-17(16)21-2)12-5-3-4-6-14(12)19-15/h2*3-8,19H,9-10H2,1-2H3. The van der Waals surface area contributed by atoms with Crippen LogP contribution >= 0.6 is 0 Å². The second-order valence-corrected chi connectivity index (χ2v) is 10.8. The molecule has 44 heavy (non-hydrogen) atoms. The third-order valence-electron chi connectivity index (χ3n) is 8.33. The van der Waals surface area contributed by atoms with Crippen LogP contribution in [-0.4, -0.2) is 38.4 Å². The zero-order chi connectivity index (χ0) is 30.2. The molecule has 4 aromatic carbocycles. The molecule has 2 N–H and O–H groups in total. The number of para-hydroxylation sites is 2. The predicted octanol–water partition coefficient (Wildman–Crippen LogP) is 7.76. The van der Waals surface area contributed by atoms with E-state index in [1.807, 2.05) is 36.4 Å². The summed E-state index contributed by atoms with van der Waals surface area (Å²) in [6.07, 6.45) is 0. The van der Waals surface area contributed by atoms with Crippen LogP contribution in [0.3, 0.4) is 0 Å². The van der Waals surface area contributed by atoms with E-state index in [-0.39, 0.29) is 0 Å². The van der Waals surface area contributed by atoms with Crippen molar-refractivity contribution < 1.29 is 28.4 Å². The summed E-state index contributed by atoms with van der Waals surface area (Å²) in [5.74, 6) is 2.93. The first-order chi connectivity index (χ1) is 21.6. The molecular formula is C36H34N2O6. The van der Waals surface area contributed by atoms with Crippen molar-refractivity contribution >= 4 is 21.8 Å². The van der Waals surface area contributed by atoms with Crippen LogP contribution in [0, 0.1) is 0 Å². The van der Waals surface area contributed by atoms with E-state index in [9.17, 15) is 0 Å². The van der Waals surface area contributed by atoms with Gasteiger partial charge in [0.05, 0.1) is 54.9 Å². The lowest BCUT2D eigenvalue weighted by Gasteiger charge is -2.13. The highest BCUT2D eigenvalue weighted by molar-refractivity contribution is 6.00. The van der Waals surface area contributed by atoms with Crippen molar-refractivity contribution in [2.45, 2.75) is 26.4 Å². The van der Waals surface area contributed by atoms with Crippen molar-refractivity contribution in [3.05, 3.63) is 95.3 Å². The van der Waals surface area contributed by atoms with Crippen LogP contribution in [0.1, 0.15) is 22.5 Å². The Labute approximate surface area is 255 Å². The highest BCUT2D eigenvalue weighted by Gasteiger charge is 2.23. The first-order valence-corrected chi connectivity index (χ1v) is 14.5. The number of H-pyrrole nitrogens is 2. The van der Waals surface area contributed by atoms with Crippen molar-refractivity contribution in [3.8, 4) is 45.3 Å². The van der Waals surface area contributed by atoms with Crippen molar-refractivity contribution in [3.63, 3.8) is 0 Å². The van der Waals surface area contributed by atoms with Gasteiger partial charge in [-0.15, -0.1) is 0 Å². The fourth-order valence-electron chi connectivity index (χ4n) is 6.30. The molecule has 0 fully saturated rings. The van der Waals surface area contributed by atoms with Gasteiger partial charge in [-0.2, -0.15) is 0 Å². The van der Waals surface area contributed by atoms with Crippen LogP contribution in [-0.2, 0) is 35.9 Å². The maximum atomic E-state index is 5.82. The van der Waals surface area contributed by atoms with Gasteiger partial charge in [0.25, 0.3) is 0 Å². The van der Waals surface area contributed by atoms with Crippen LogP contribution < -0.4 is 18.9 Å². The molecule has 0 radical (unpaired) electrons. The van der Waals surface area contributed by atoms with E-state index in [2.05, 4.69) is 46.4 Å². The maximum absolute atomic E-state index is 5.82. The number of fused-ring (bicyclic) bond motifs is 10. The normalized spacial score (nSPS) is 13.4. The van der Waals surface area contributed by atoms with Crippen molar-refractivity contribution in [1.29, 1.82) is 0 Å². The number of methoxy groups -OCH3 is 4. The molecule has 0 atom stereocenters. The summed E-state index contributed by atoms with van der Waals surface area (Å²) in [6, 6.07) is 24.7. The molecule has 0 amide bonds. The minimum Gasteiger partial charge on any atom is -0.493 e. The number of hydrogen-bond donors (Lipinski definition) is 2. The molecule has 2 aromatic heterocycles. The molecule has 2 aliphatic heterocycles. The van der Waals surface area contributed by atoms with Crippen molar-refractivity contribution in [2.75, 3.05) is 28.4 Å². The molecule has 0 spiro atoms. The summed E-state index contributed by atoms with van der Waals surface area (Å²) < 4.78 is 33.4. The molecule has 8 nitrogen and oxygen atoms in total. The van der Waals surface area contributed by atoms with Crippen LogP contribution in [0.15, 0.2) is 72.8 Å². The Hall–Kier alpha value is -4.92. The van der Waals surface area contributed by atoms with E-state index in [1.165, 1.54) is 21.9 Å². The van der Waals surface area contributed by atoms with E-state index in [0.717, 1.165) is 67.7 Å². The Morgan fingerprint density at radius 3 is 1.30 bits per heavy atom. The average Bonchev–Trinajstić information content (AvgIpc) is 3.50. The fraction of sp³-hybridized carbons (Fsp3) is 0.222. The Kier molecular flexibility index (Phi) is 7.37. The Morgan fingerprint density at radius 2 is 0.886 bits per heavy atom. The maximum Gasteiger partial charge on any atom is 0.161 e. The minimum atomic E-state index is 0.562. The van der Waals surface area contributed by atoms with Gasteiger partial charge in [-0.05, 0) is 58.7 Å². The van der Waals surface area contributed by atoms with E-state index < -0.39 is 0 Å². The van der Waals surface area contributed by atoms with E-state index in [4.69, 9.17) is 28.4 Å². The molecule has 0 aliphatic carbocycles. The van der Waals surface area contributed by atoms with Crippen LogP contribution in [0.25, 0.3) is 44.1 Å². The summed E-state index contributed by atoms with van der Waals surface area (Å²) in [4.78, 5) is 6.93. The van der Waals surface area contributed by atoms with Gasteiger partial charge in [-0.25, -0.2) is 0 Å². The van der Waals surface area contributed by atoms with Gasteiger partial charge >= 0.3 is 0 Å². The molecule has 8 heteroatoms. The van der Waals surface area contributed by atoms with Crippen molar-refractivity contribution in [1.82, 2.24) is 9.97 Å². The Morgan fingerprint density at radius 1 is 0.500 bits per heavy atom. The number of nitrogens with one attached hydrogen (secondary N) is 2. The Balaban J connectivity index is 0.000000142. The lowest BCUT2D eigenvalue weighted by Crippen LogP contribution is -1.96. The summed E-state index contributed by atoms with van der Waals surface area (Å²) in [7, 11) is 6.62. The van der Waals surface area contributed by atoms with Gasteiger partial charge in [0, 0.05) is 44.3 Å². The van der Waals surface area contributed by atoms with Gasteiger partial charge in [0.15, 0.2) is 23.0 Å². The van der Waals surface area contributed by atoms with Gasteiger partial charge in [0.1, 0.15) is 0 Å². The number of aromatic nitrogens is 2. The predicted molar refractivity (Wildman–Crippen MR) is 171 cm³/mol. The smallest absolute Gasteiger partial charge is 0.161 e. The topological polar surface area (TPSA) is 87.0 Å². The molecule has 4 heterocycles. The number of hydrogen-bond acceptors (Lipinski definition) is 6. The van der Waals surface area contributed by atoms with E-state index in [0.29, 0.717) is 26.4 Å². The summed E-state index contributed by atoms with van der Waals surface area (Å²) in [6.45, 7) is 2.27. The highest BCUT2D eigenvalue weighted by atomic mass is 16.5. The molecule has 0 saturated carbocycles. The first-order valence-electron chi connectivity index (χ1n) is 14.5. The summed E-state index contributed by atoms with van der Waals surface area (Å²) >= 11 is 0. The van der Waals surface area contributed by atoms with Crippen LogP contribution in [0.2, 0.25) is 0 Å². The molecule has 0 unspecified atom stereocenters. The third-order valence-corrected chi connectivity index (χ3v) is 8.33. The lowest BCUT2D eigenvalue weighted by atomic mass is 9.97. The van der Waals surface area contributed by atoms with Gasteiger partial charge in [-0.3, -0.25) is 0 Å². The van der Waals surface area contributed by atoms with E-state index in [1.54, 1.807) is 28.4 Å². The SMILES string of the molecule is COc1cc2c(cc1OC)-c1c([nH]c3ccccc13)COC2.COc1cc2c(cc1OC)-c1c([nH]c3ccccc13)COC2. The largest absolute Gasteiger partial charge is 0.493 e. The lowest BCUT2D eigenvalue weighted by molar-refractivity contribution is 0.107. The first kappa shape index (κ1) is 27.9. The van der Waals surface area contributed by atoms with Crippen LogP contribution in [0.5, 0.6) is 23.0 Å². The summed E-state index contributed by atoms with van der Waals surface area (Å²) in [5, 5.41) is 2.41.